The van der Waals surface area contributed by atoms with Crippen molar-refractivity contribution < 1.29 is 69.2 Å². The van der Waals surface area contributed by atoms with Gasteiger partial charge in [0.25, 0.3) is 0 Å². The Morgan fingerprint density at radius 3 is 1.60 bits per heavy atom. The van der Waals surface area contributed by atoms with Gasteiger partial charge in [0.05, 0.1) is 23.1 Å². The van der Waals surface area contributed by atoms with E-state index in [9.17, 15) is 39.5 Å². The van der Waals surface area contributed by atoms with Crippen LogP contribution >= 0.6 is 0 Å². The van der Waals surface area contributed by atoms with Crippen molar-refractivity contribution in [2.24, 2.45) is 11.8 Å². The number of aromatic nitrogens is 2. The van der Waals surface area contributed by atoms with Crippen LogP contribution in [0.3, 0.4) is 0 Å². The molecule has 2 aliphatic heterocycles. The number of carbonyl (C=O) groups is 3. The first kappa shape index (κ1) is 36.5. The maximum Gasteiger partial charge on any atom is 0.490 e. The molecular formula is C26H23F9N4O6. The van der Waals surface area contributed by atoms with Gasteiger partial charge >= 0.3 is 36.4 Å². The number of benzene rings is 1. The van der Waals surface area contributed by atoms with E-state index in [0.717, 1.165) is 60.2 Å². The summed E-state index contributed by atoms with van der Waals surface area (Å²) in [6.45, 7) is 4.62. The molecule has 0 bridgehead atoms. The molecule has 10 nitrogen and oxygen atoms in total. The quantitative estimate of drug-likeness (QED) is 0.281. The van der Waals surface area contributed by atoms with Crippen molar-refractivity contribution in [2.45, 2.75) is 18.5 Å². The molecule has 0 saturated carbocycles. The Balaban J connectivity index is 0.000000277. The van der Waals surface area contributed by atoms with Crippen LogP contribution in [0.5, 0.6) is 0 Å². The summed E-state index contributed by atoms with van der Waals surface area (Å²) in [5, 5.41) is 26.0. The molecule has 246 valence electrons. The predicted octanol–water partition coefficient (Wildman–Crippen LogP) is 4.85. The predicted molar refractivity (Wildman–Crippen MR) is 138 cm³/mol. The van der Waals surface area contributed by atoms with E-state index in [-0.39, 0.29) is 0 Å². The summed E-state index contributed by atoms with van der Waals surface area (Å²) in [4.78, 5) is 38.4. The van der Waals surface area contributed by atoms with Gasteiger partial charge in [-0.2, -0.15) is 39.5 Å². The molecule has 2 aliphatic rings. The lowest BCUT2D eigenvalue weighted by atomic mass is 10.0. The van der Waals surface area contributed by atoms with Gasteiger partial charge in [0.15, 0.2) is 0 Å². The number of alkyl halides is 9. The van der Waals surface area contributed by atoms with Crippen LogP contribution < -0.4 is 10.2 Å². The van der Waals surface area contributed by atoms with Gasteiger partial charge in [0.1, 0.15) is 0 Å². The zero-order valence-electron chi connectivity index (χ0n) is 22.5. The molecular weight excluding hydrogens is 635 g/mol. The fourth-order valence-corrected chi connectivity index (χ4v) is 4.11. The van der Waals surface area contributed by atoms with Gasteiger partial charge in [-0.3, -0.25) is 9.97 Å². The number of hydrogen-bond acceptors (Lipinski definition) is 7. The molecule has 5 rings (SSSR count). The van der Waals surface area contributed by atoms with Crippen LogP contribution in [0.1, 0.15) is 0 Å². The summed E-state index contributed by atoms with van der Waals surface area (Å²) >= 11 is 0. The van der Waals surface area contributed by atoms with Crippen molar-refractivity contribution in [3.8, 4) is 11.3 Å². The van der Waals surface area contributed by atoms with E-state index < -0.39 is 36.4 Å². The molecule has 4 N–H and O–H groups in total. The Labute approximate surface area is 247 Å². The first-order valence-electron chi connectivity index (χ1n) is 12.4. The van der Waals surface area contributed by atoms with E-state index in [1.807, 2.05) is 18.5 Å². The number of nitrogens with one attached hydrogen (secondary N) is 1. The largest absolute Gasteiger partial charge is 0.490 e. The topological polar surface area (TPSA) is 153 Å². The highest BCUT2D eigenvalue weighted by atomic mass is 19.4. The standard InChI is InChI=1S/C20H20N4.3C2HF3O2/c1-3-14-4-2-8-22-20(14)18(5-1)19-7-6-17(11-23-19)24-12-15-9-21-10-16(15)13-24;3*3-2(4,5)1(6)7/h1-8,11,15-16,21H,9-10,12-13H2;3*(H,6,7). The minimum atomic E-state index is -5.08. The molecule has 4 heterocycles. The zero-order chi connectivity index (χ0) is 34.2. The minimum Gasteiger partial charge on any atom is -0.475 e. The molecule has 45 heavy (non-hydrogen) atoms. The van der Waals surface area contributed by atoms with E-state index in [2.05, 4.69) is 51.6 Å². The van der Waals surface area contributed by atoms with Crippen molar-refractivity contribution in [3.05, 3.63) is 54.9 Å². The molecule has 0 aliphatic carbocycles. The summed E-state index contributed by atoms with van der Waals surface area (Å²) in [6.07, 6.45) is -11.4. The lowest BCUT2D eigenvalue weighted by Gasteiger charge is -2.19. The number of nitrogens with zero attached hydrogens (tertiary/aromatic N) is 3. The third-order valence-electron chi connectivity index (χ3n) is 6.14. The molecule has 3 aromatic rings. The number of carboxylic acids is 3. The van der Waals surface area contributed by atoms with Crippen LogP contribution in [0.2, 0.25) is 0 Å². The zero-order valence-corrected chi connectivity index (χ0v) is 22.5. The van der Waals surface area contributed by atoms with E-state index in [0.29, 0.717) is 0 Å². The van der Waals surface area contributed by atoms with Crippen molar-refractivity contribution in [3.63, 3.8) is 0 Å². The molecule has 2 atom stereocenters. The molecule has 1 aromatic carbocycles. The highest BCUT2D eigenvalue weighted by Crippen LogP contribution is 2.32. The Hall–Kier alpha value is -4.68. The number of rotatable bonds is 2. The van der Waals surface area contributed by atoms with Gasteiger partial charge in [-0.1, -0.05) is 24.3 Å². The number of pyridine rings is 2. The van der Waals surface area contributed by atoms with Gasteiger partial charge in [0, 0.05) is 43.3 Å². The maximum absolute atomic E-state index is 10.6. The average molecular weight is 658 g/mol. The highest BCUT2D eigenvalue weighted by molar-refractivity contribution is 5.92. The van der Waals surface area contributed by atoms with Gasteiger partial charge in [-0.25, -0.2) is 14.4 Å². The third kappa shape index (κ3) is 11.1. The third-order valence-corrected chi connectivity index (χ3v) is 6.14. The Morgan fingerprint density at radius 2 is 1.18 bits per heavy atom. The van der Waals surface area contributed by atoms with Gasteiger partial charge < -0.3 is 25.5 Å². The van der Waals surface area contributed by atoms with Crippen LogP contribution in [0.4, 0.5) is 45.2 Å². The van der Waals surface area contributed by atoms with Gasteiger partial charge in [-0.15, -0.1) is 0 Å². The van der Waals surface area contributed by atoms with Gasteiger partial charge in [0.2, 0.25) is 0 Å². The normalized spacial score (nSPS) is 17.5. The van der Waals surface area contributed by atoms with E-state index in [1.165, 1.54) is 5.69 Å². The molecule has 2 aromatic heterocycles. The average Bonchev–Trinajstić information content (AvgIpc) is 3.55. The van der Waals surface area contributed by atoms with Crippen molar-refractivity contribution in [1.29, 1.82) is 0 Å². The van der Waals surface area contributed by atoms with Crippen LogP contribution in [-0.2, 0) is 14.4 Å². The smallest absolute Gasteiger partial charge is 0.475 e. The lowest BCUT2D eigenvalue weighted by Crippen LogP contribution is -2.25. The second-order valence-corrected chi connectivity index (χ2v) is 9.27. The highest BCUT2D eigenvalue weighted by Gasteiger charge is 2.39. The SMILES string of the molecule is O=C(O)C(F)(F)F.O=C(O)C(F)(F)F.O=C(O)C(F)(F)F.c1cnc2c(-c3ccc(N4CC5CNCC5C4)cn3)cccc2c1. The first-order valence-corrected chi connectivity index (χ1v) is 12.4. The number of halogens is 9. The van der Waals surface area contributed by atoms with Crippen molar-refractivity contribution in [1.82, 2.24) is 15.3 Å². The maximum atomic E-state index is 10.6. The Kier molecular flexibility index (Phi) is 12.1. The molecule has 2 fully saturated rings. The summed E-state index contributed by atoms with van der Waals surface area (Å²) in [6, 6.07) is 14.7. The van der Waals surface area contributed by atoms with Crippen LogP contribution in [-0.4, -0.2) is 87.9 Å². The lowest BCUT2D eigenvalue weighted by molar-refractivity contribution is -0.193. The molecule has 0 radical (unpaired) electrons. The number of fused-ring (bicyclic) bond motifs is 2. The van der Waals surface area contributed by atoms with Crippen LogP contribution in [0, 0.1) is 11.8 Å². The van der Waals surface area contributed by atoms with Crippen LogP contribution in [0.15, 0.2) is 54.9 Å². The second kappa shape index (κ2) is 14.9. The van der Waals surface area contributed by atoms with E-state index in [4.69, 9.17) is 34.7 Å². The van der Waals surface area contributed by atoms with Crippen molar-refractivity contribution >= 4 is 34.5 Å². The molecule has 0 spiro atoms. The first-order chi connectivity index (χ1) is 20.7. The fourth-order valence-electron chi connectivity index (χ4n) is 4.11. The fraction of sp³-hybridized carbons (Fsp3) is 0.346. The Morgan fingerprint density at radius 1 is 0.711 bits per heavy atom. The van der Waals surface area contributed by atoms with E-state index >= 15 is 0 Å². The van der Waals surface area contributed by atoms with E-state index in [1.54, 1.807) is 0 Å². The molecule has 2 unspecified atom stereocenters. The minimum absolute atomic E-state index is 0.798. The Bertz CT molecular complexity index is 1390. The number of anilines is 1. The number of aliphatic carboxylic acids is 3. The second-order valence-electron chi connectivity index (χ2n) is 9.27. The van der Waals surface area contributed by atoms with Gasteiger partial charge in [-0.05, 0) is 30.0 Å². The molecule has 19 heteroatoms. The number of para-hydroxylation sites is 1. The summed E-state index contributed by atoms with van der Waals surface area (Å²) < 4.78 is 95.2. The summed E-state index contributed by atoms with van der Waals surface area (Å²) in [5.74, 6) is -6.67. The molecule has 2 saturated heterocycles. The van der Waals surface area contributed by atoms with Crippen LogP contribution in [0.25, 0.3) is 22.2 Å². The molecule has 0 amide bonds. The number of carboxylic acid groups (broad SMARTS) is 3. The van der Waals surface area contributed by atoms with Crippen molar-refractivity contribution in [2.75, 3.05) is 31.1 Å². The monoisotopic (exact) mass is 658 g/mol. The number of hydrogen-bond donors (Lipinski definition) is 4. The summed E-state index contributed by atoms with van der Waals surface area (Å²) in [5.41, 5.74) is 4.34. The summed E-state index contributed by atoms with van der Waals surface area (Å²) in [7, 11) is 0.